The molecule has 1 saturated heterocycles. The van der Waals surface area contributed by atoms with Crippen molar-refractivity contribution >= 4 is 23.2 Å². The van der Waals surface area contributed by atoms with Crippen LogP contribution in [-0.2, 0) is 30.1 Å². The summed E-state index contributed by atoms with van der Waals surface area (Å²) in [6, 6.07) is 5.95. The van der Waals surface area contributed by atoms with Gasteiger partial charge in [-0.05, 0) is 42.9 Å². The van der Waals surface area contributed by atoms with Gasteiger partial charge in [0.05, 0.1) is 12.8 Å². The number of unbranched alkanes of at least 4 members (excludes halogenated alkanes) is 4. The number of benzene rings is 1. The van der Waals surface area contributed by atoms with Gasteiger partial charge in [-0.15, -0.1) is 10.2 Å². The number of hydrogen-bond acceptors (Lipinski definition) is 8. The second kappa shape index (κ2) is 19.8. The Bertz CT molecular complexity index is 1020. The molecule has 1 fully saturated rings. The van der Waals surface area contributed by atoms with Crippen molar-refractivity contribution in [3.63, 3.8) is 0 Å². The second-order valence-corrected chi connectivity index (χ2v) is 11.6. The third kappa shape index (κ3) is 11.0. The van der Waals surface area contributed by atoms with E-state index in [1.54, 1.807) is 0 Å². The first kappa shape index (κ1) is 35.1. The molecule has 236 valence electrons. The second-order valence-electron chi connectivity index (χ2n) is 10.8. The topological polar surface area (TPSA) is 84.8 Å². The van der Waals surface area contributed by atoms with Crippen LogP contribution in [0.2, 0.25) is 10.2 Å². The zero-order valence-corrected chi connectivity index (χ0v) is 27.2. The fourth-order valence-electron chi connectivity index (χ4n) is 4.87. The Balaban J connectivity index is 1.97. The average molecular weight is 627 g/mol. The van der Waals surface area contributed by atoms with Gasteiger partial charge in [-0.2, -0.15) is 0 Å². The van der Waals surface area contributed by atoms with E-state index in [1.807, 2.05) is 12.1 Å². The van der Waals surface area contributed by atoms with Gasteiger partial charge in [0.2, 0.25) is 0 Å². The predicted octanol–water partition coefficient (Wildman–Crippen LogP) is 7.58. The van der Waals surface area contributed by atoms with Gasteiger partial charge in [0.1, 0.15) is 30.5 Å². The Morgan fingerprint density at radius 2 is 1.38 bits per heavy atom. The van der Waals surface area contributed by atoms with Crippen LogP contribution >= 0.6 is 23.2 Å². The van der Waals surface area contributed by atoms with Gasteiger partial charge in [0.25, 0.3) is 0 Å². The fraction of sp³-hybridized carbons (Fsp3) is 0.719. The van der Waals surface area contributed by atoms with Crippen LogP contribution < -0.4 is 0 Å². The van der Waals surface area contributed by atoms with Crippen molar-refractivity contribution in [1.82, 2.24) is 15.2 Å². The summed E-state index contributed by atoms with van der Waals surface area (Å²) >= 11 is 12.5. The number of hydrogen-bond donors (Lipinski definition) is 0. The lowest BCUT2D eigenvalue weighted by molar-refractivity contribution is -0.268. The molecular formula is C32H49Cl2N3O5. The molecule has 3 rings (SSSR count). The molecule has 8 nitrogen and oxygen atoms in total. The van der Waals surface area contributed by atoms with Gasteiger partial charge in [0, 0.05) is 37.9 Å². The van der Waals surface area contributed by atoms with E-state index in [9.17, 15) is 0 Å². The van der Waals surface area contributed by atoms with Crippen LogP contribution in [0.3, 0.4) is 0 Å². The Kier molecular flexibility index (Phi) is 16.5. The molecular weight excluding hydrogens is 577 g/mol. The lowest BCUT2D eigenvalue weighted by Crippen LogP contribution is -2.58. The average Bonchev–Trinajstić information content (AvgIpc) is 2.99. The third-order valence-corrected chi connectivity index (χ3v) is 7.85. The van der Waals surface area contributed by atoms with Crippen molar-refractivity contribution in [1.29, 1.82) is 0 Å². The molecule has 0 unspecified atom stereocenters. The normalized spacial score (nSPS) is 22.5. The maximum atomic E-state index is 6.88. The lowest BCUT2D eigenvalue weighted by atomic mass is 9.89. The molecule has 0 bridgehead atoms. The number of rotatable bonds is 20. The fourth-order valence-corrected chi connectivity index (χ4v) is 5.14. The van der Waals surface area contributed by atoms with Crippen LogP contribution in [0.5, 0.6) is 0 Å². The maximum Gasteiger partial charge on any atom is 0.169 e. The van der Waals surface area contributed by atoms with Gasteiger partial charge in [-0.25, -0.2) is 4.98 Å². The molecule has 1 aliphatic heterocycles. The standard InChI is InChI=1S/C32H49Cl2N3O5/c1-5-9-15-38-22-26-30(39-16-10-6-2)32(41-18-12-8-4)31(40-17-11-7-3)29(42-26)23-13-14-25(33)24(19-23)20-28-35-21-27(34)36-37-28/h13-14,19,21,26,29-32H,5-12,15-18,20,22H2,1-4H3/t26-,29+,30-,31+,32+/m1/s1. The first-order valence-corrected chi connectivity index (χ1v) is 16.5. The van der Waals surface area contributed by atoms with E-state index in [0.29, 0.717) is 50.3 Å². The summed E-state index contributed by atoms with van der Waals surface area (Å²) in [5, 5.41) is 8.92. The molecule has 0 amide bonds. The SMILES string of the molecule is CCCCOC[C@H]1O[C@@H](c2ccc(Cl)c(Cc3ncc(Cl)nn3)c2)[C@H](OCCCC)[C@@H](OCCCC)[C@@H]1OCCCC. The summed E-state index contributed by atoms with van der Waals surface area (Å²) in [6.45, 7) is 11.6. The summed E-state index contributed by atoms with van der Waals surface area (Å²) in [5.74, 6) is 0.533. The summed E-state index contributed by atoms with van der Waals surface area (Å²) < 4.78 is 32.8. The maximum absolute atomic E-state index is 6.88. The van der Waals surface area contributed by atoms with Crippen molar-refractivity contribution < 1.29 is 23.7 Å². The molecule has 0 saturated carbocycles. The van der Waals surface area contributed by atoms with Crippen molar-refractivity contribution in [2.45, 2.75) is 116 Å². The molecule has 1 aromatic carbocycles. The molecule has 5 atom stereocenters. The van der Waals surface area contributed by atoms with E-state index >= 15 is 0 Å². The number of halogens is 2. The van der Waals surface area contributed by atoms with Crippen LogP contribution in [0.4, 0.5) is 0 Å². The summed E-state index contributed by atoms with van der Waals surface area (Å²) in [4.78, 5) is 4.31. The minimum Gasteiger partial charge on any atom is -0.379 e. The van der Waals surface area contributed by atoms with E-state index in [4.69, 9.17) is 46.9 Å². The quantitative estimate of drug-likeness (QED) is 0.139. The molecule has 1 aliphatic rings. The first-order chi connectivity index (χ1) is 20.5. The Morgan fingerprint density at radius 3 is 2.00 bits per heavy atom. The minimum absolute atomic E-state index is 0.248. The van der Waals surface area contributed by atoms with Crippen LogP contribution in [-0.4, -0.2) is 72.6 Å². The van der Waals surface area contributed by atoms with Crippen molar-refractivity contribution in [2.24, 2.45) is 0 Å². The van der Waals surface area contributed by atoms with Crippen molar-refractivity contribution in [3.05, 3.63) is 51.5 Å². The van der Waals surface area contributed by atoms with Gasteiger partial charge in [-0.3, -0.25) is 0 Å². The smallest absolute Gasteiger partial charge is 0.169 e. The predicted molar refractivity (Wildman–Crippen MR) is 166 cm³/mol. The summed E-state index contributed by atoms with van der Waals surface area (Å²) in [6.07, 6.45) is 8.26. The molecule has 0 radical (unpaired) electrons. The highest BCUT2D eigenvalue weighted by atomic mass is 35.5. The zero-order chi connectivity index (χ0) is 30.2. The Hall–Kier alpha value is -1.39. The highest BCUT2D eigenvalue weighted by molar-refractivity contribution is 6.31. The molecule has 0 N–H and O–H groups in total. The van der Waals surface area contributed by atoms with Gasteiger partial charge in [-0.1, -0.05) is 88.7 Å². The van der Waals surface area contributed by atoms with Crippen LogP contribution in [0.1, 0.15) is 102 Å². The number of aromatic nitrogens is 3. The molecule has 10 heteroatoms. The van der Waals surface area contributed by atoms with Crippen LogP contribution in [0.25, 0.3) is 0 Å². The highest BCUT2D eigenvalue weighted by Gasteiger charge is 2.48. The van der Waals surface area contributed by atoms with Gasteiger partial charge >= 0.3 is 0 Å². The lowest BCUT2D eigenvalue weighted by Gasteiger charge is -2.46. The van der Waals surface area contributed by atoms with Crippen molar-refractivity contribution in [3.8, 4) is 0 Å². The molecule has 0 aliphatic carbocycles. The molecule has 2 aromatic rings. The third-order valence-electron chi connectivity index (χ3n) is 7.31. The molecule has 1 aromatic heterocycles. The Morgan fingerprint density at radius 1 is 0.762 bits per heavy atom. The zero-order valence-electron chi connectivity index (χ0n) is 25.7. The number of nitrogens with zero attached hydrogens (tertiary/aromatic N) is 3. The monoisotopic (exact) mass is 625 g/mol. The first-order valence-electron chi connectivity index (χ1n) is 15.7. The van der Waals surface area contributed by atoms with E-state index in [0.717, 1.165) is 62.5 Å². The highest BCUT2D eigenvalue weighted by Crippen LogP contribution is 2.39. The van der Waals surface area contributed by atoms with Gasteiger partial charge < -0.3 is 23.7 Å². The molecule has 42 heavy (non-hydrogen) atoms. The van der Waals surface area contributed by atoms with E-state index in [2.05, 4.69) is 48.9 Å². The number of ether oxygens (including phenoxy) is 5. The summed E-state index contributed by atoms with van der Waals surface area (Å²) in [7, 11) is 0. The van der Waals surface area contributed by atoms with Crippen molar-refractivity contribution in [2.75, 3.05) is 33.0 Å². The molecule has 2 heterocycles. The van der Waals surface area contributed by atoms with E-state index in [-0.39, 0.29) is 29.6 Å². The largest absolute Gasteiger partial charge is 0.379 e. The van der Waals surface area contributed by atoms with E-state index in [1.165, 1.54) is 6.20 Å². The Labute approximate surface area is 262 Å². The summed E-state index contributed by atoms with van der Waals surface area (Å²) in [5.41, 5.74) is 1.82. The molecule has 0 spiro atoms. The van der Waals surface area contributed by atoms with Crippen LogP contribution in [0.15, 0.2) is 24.4 Å². The van der Waals surface area contributed by atoms with Gasteiger partial charge in [0.15, 0.2) is 11.0 Å². The minimum atomic E-state index is -0.403. The van der Waals surface area contributed by atoms with Crippen LogP contribution in [0, 0.1) is 0 Å². The van der Waals surface area contributed by atoms with E-state index < -0.39 is 6.10 Å².